The maximum Gasteiger partial charge on any atom is 0.151 e. The fourth-order valence-corrected chi connectivity index (χ4v) is 2.75. The Bertz CT molecular complexity index is 405. The average Bonchev–Trinajstić information content (AvgIpc) is 2.76. The van der Waals surface area contributed by atoms with E-state index in [1.54, 1.807) is 0 Å². The van der Waals surface area contributed by atoms with Gasteiger partial charge in [0.25, 0.3) is 0 Å². The third kappa shape index (κ3) is 2.17. The Labute approximate surface area is 103 Å². The standard InChI is InChI=1S/C14H20N2O/c1-11-4-3-9-16(11)17-14-6-2-5-12-10-15-8-7-13(12)14/h2,5-6,11,15H,3-4,7-10H2,1H3/t11-/m1/s1. The number of nitrogens with zero attached hydrogens (tertiary/aromatic N) is 1. The summed E-state index contributed by atoms with van der Waals surface area (Å²) < 4.78 is 0. The van der Waals surface area contributed by atoms with Crippen molar-refractivity contribution in [2.45, 2.75) is 38.8 Å². The van der Waals surface area contributed by atoms with Crippen molar-refractivity contribution < 1.29 is 4.84 Å². The Hall–Kier alpha value is -1.06. The van der Waals surface area contributed by atoms with Crippen LogP contribution in [0.15, 0.2) is 18.2 Å². The summed E-state index contributed by atoms with van der Waals surface area (Å²) >= 11 is 0. The first kappa shape index (κ1) is 11.1. The lowest BCUT2D eigenvalue weighted by Crippen LogP contribution is -2.32. The summed E-state index contributed by atoms with van der Waals surface area (Å²) in [5.41, 5.74) is 2.78. The summed E-state index contributed by atoms with van der Waals surface area (Å²) in [5.74, 6) is 1.07. The van der Waals surface area contributed by atoms with Gasteiger partial charge in [-0.1, -0.05) is 12.1 Å². The third-order valence-corrected chi connectivity index (χ3v) is 3.80. The Balaban J connectivity index is 1.82. The minimum Gasteiger partial charge on any atom is -0.405 e. The first-order valence-electron chi connectivity index (χ1n) is 6.60. The number of rotatable bonds is 2. The lowest BCUT2D eigenvalue weighted by molar-refractivity contribution is -0.0657. The Morgan fingerprint density at radius 3 is 3.18 bits per heavy atom. The number of benzene rings is 1. The normalized spacial score (nSPS) is 24.6. The van der Waals surface area contributed by atoms with E-state index in [1.165, 1.54) is 24.0 Å². The molecule has 2 heterocycles. The molecule has 1 fully saturated rings. The monoisotopic (exact) mass is 232 g/mol. The molecule has 0 aromatic heterocycles. The van der Waals surface area contributed by atoms with Crippen molar-refractivity contribution in [1.82, 2.24) is 10.4 Å². The molecule has 2 aliphatic heterocycles. The van der Waals surface area contributed by atoms with E-state index in [1.807, 2.05) is 0 Å². The zero-order valence-corrected chi connectivity index (χ0v) is 10.4. The van der Waals surface area contributed by atoms with Gasteiger partial charge in [-0.15, -0.1) is 5.06 Å². The van der Waals surface area contributed by atoms with Gasteiger partial charge in [0.05, 0.1) is 0 Å². The van der Waals surface area contributed by atoms with Crippen LogP contribution in [0.2, 0.25) is 0 Å². The van der Waals surface area contributed by atoms with Crippen LogP contribution in [0, 0.1) is 0 Å². The van der Waals surface area contributed by atoms with Crippen LogP contribution in [0.25, 0.3) is 0 Å². The summed E-state index contributed by atoms with van der Waals surface area (Å²) in [4.78, 5) is 6.09. The molecule has 17 heavy (non-hydrogen) atoms. The van der Waals surface area contributed by atoms with Crippen molar-refractivity contribution in [3.63, 3.8) is 0 Å². The van der Waals surface area contributed by atoms with Gasteiger partial charge in [0.15, 0.2) is 5.75 Å². The van der Waals surface area contributed by atoms with Gasteiger partial charge in [-0.05, 0) is 44.4 Å². The summed E-state index contributed by atoms with van der Waals surface area (Å²) in [6.45, 7) is 5.33. The second kappa shape index (κ2) is 4.67. The number of fused-ring (bicyclic) bond motifs is 1. The number of hydrogen-bond donors (Lipinski definition) is 1. The second-order valence-corrected chi connectivity index (χ2v) is 5.04. The molecule has 1 atom stereocenters. The number of hydrogen-bond acceptors (Lipinski definition) is 3. The molecule has 0 radical (unpaired) electrons. The van der Waals surface area contributed by atoms with Gasteiger partial charge < -0.3 is 10.2 Å². The molecule has 1 N–H and O–H groups in total. The van der Waals surface area contributed by atoms with Gasteiger partial charge >= 0.3 is 0 Å². The molecule has 3 rings (SSSR count). The molecule has 2 aliphatic rings. The average molecular weight is 232 g/mol. The van der Waals surface area contributed by atoms with Crippen LogP contribution < -0.4 is 10.2 Å². The molecule has 0 unspecified atom stereocenters. The van der Waals surface area contributed by atoms with E-state index in [2.05, 4.69) is 35.5 Å². The molecule has 0 aliphatic carbocycles. The van der Waals surface area contributed by atoms with Crippen molar-refractivity contribution in [2.24, 2.45) is 0 Å². The van der Waals surface area contributed by atoms with Gasteiger partial charge in [-0.2, -0.15) is 0 Å². The highest BCUT2D eigenvalue weighted by molar-refractivity contribution is 5.41. The number of hydroxylamine groups is 2. The molecule has 1 saturated heterocycles. The fraction of sp³-hybridized carbons (Fsp3) is 0.571. The van der Waals surface area contributed by atoms with E-state index in [-0.39, 0.29) is 0 Å². The predicted octanol–water partition coefficient (Wildman–Crippen LogP) is 2.11. The highest BCUT2D eigenvalue weighted by Gasteiger charge is 2.23. The Kier molecular flexibility index (Phi) is 3.04. The highest BCUT2D eigenvalue weighted by atomic mass is 16.7. The van der Waals surface area contributed by atoms with Gasteiger partial charge in [0, 0.05) is 24.7 Å². The largest absolute Gasteiger partial charge is 0.405 e. The molecular weight excluding hydrogens is 212 g/mol. The van der Waals surface area contributed by atoms with Crippen molar-refractivity contribution >= 4 is 0 Å². The van der Waals surface area contributed by atoms with Crippen molar-refractivity contribution in [1.29, 1.82) is 0 Å². The summed E-state index contributed by atoms with van der Waals surface area (Å²) in [6.07, 6.45) is 3.57. The Morgan fingerprint density at radius 1 is 1.41 bits per heavy atom. The van der Waals surface area contributed by atoms with E-state index in [0.717, 1.165) is 31.8 Å². The molecule has 92 valence electrons. The maximum absolute atomic E-state index is 6.09. The number of nitrogens with one attached hydrogen (secondary N) is 1. The van der Waals surface area contributed by atoms with Crippen LogP contribution in [0.5, 0.6) is 5.75 Å². The van der Waals surface area contributed by atoms with Gasteiger partial charge in [0.2, 0.25) is 0 Å². The van der Waals surface area contributed by atoms with Crippen LogP contribution in [0.3, 0.4) is 0 Å². The van der Waals surface area contributed by atoms with Crippen LogP contribution >= 0.6 is 0 Å². The summed E-state index contributed by atoms with van der Waals surface area (Å²) in [7, 11) is 0. The minimum absolute atomic E-state index is 0.549. The van der Waals surface area contributed by atoms with Gasteiger partial charge in [0.1, 0.15) is 0 Å². The zero-order chi connectivity index (χ0) is 11.7. The molecule has 1 aromatic rings. The van der Waals surface area contributed by atoms with Crippen molar-refractivity contribution in [2.75, 3.05) is 13.1 Å². The SMILES string of the molecule is C[C@@H]1CCCN1Oc1cccc2c1CCNC2. The van der Waals surface area contributed by atoms with Gasteiger partial charge in [-0.25, -0.2) is 0 Å². The molecule has 0 saturated carbocycles. The van der Waals surface area contributed by atoms with Crippen molar-refractivity contribution in [3.05, 3.63) is 29.3 Å². The third-order valence-electron chi connectivity index (χ3n) is 3.80. The second-order valence-electron chi connectivity index (χ2n) is 5.04. The quantitative estimate of drug-likeness (QED) is 0.845. The molecule has 3 nitrogen and oxygen atoms in total. The first-order chi connectivity index (χ1) is 8.34. The molecule has 0 spiro atoms. The topological polar surface area (TPSA) is 24.5 Å². The van der Waals surface area contributed by atoms with E-state index >= 15 is 0 Å². The molecule has 0 amide bonds. The lowest BCUT2D eigenvalue weighted by atomic mass is 10.0. The van der Waals surface area contributed by atoms with E-state index in [0.29, 0.717) is 6.04 Å². The van der Waals surface area contributed by atoms with Crippen LogP contribution in [-0.4, -0.2) is 24.2 Å². The molecule has 3 heteroatoms. The van der Waals surface area contributed by atoms with E-state index in [9.17, 15) is 0 Å². The fourth-order valence-electron chi connectivity index (χ4n) is 2.75. The highest BCUT2D eigenvalue weighted by Crippen LogP contribution is 2.28. The molecule has 1 aromatic carbocycles. The lowest BCUT2D eigenvalue weighted by Gasteiger charge is -2.25. The smallest absolute Gasteiger partial charge is 0.151 e. The van der Waals surface area contributed by atoms with Crippen LogP contribution in [-0.2, 0) is 13.0 Å². The first-order valence-corrected chi connectivity index (χ1v) is 6.60. The summed E-state index contributed by atoms with van der Waals surface area (Å²) in [5, 5.41) is 5.54. The Morgan fingerprint density at radius 2 is 2.35 bits per heavy atom. The molecule has 0 bridgehead atoms. The van der Waals surface area contributed by atoms with E-state index in [4.69, 9.17) is 4.84 Å². The maximum atomic E-state index is 6.09. The zero-order valence-electron chi connectivity index (χ0n) is 10.4. The summed E-state index contributed by atoms with van der Waals surface area (Å²) in [6, 6.07) is 6.95. The van der Waals surface area contributed by atoms with Crippen molar-refractivity contribution in [3.8, 4) is 5.75 Å². The van der Waals surface area contributed by atoms with E-state index < -0.39 is 0 Å². The van der Waals surface area contributed by atoms with Gasteiger partial charge in [-0.3, -0.25) is 0 Å². The predicted molar refractivity (Wildman–Crippen MR) is 67.9 cm³/mol. The molecular formula is C14H20N2O. The van der Waals surface area contributed by atoms with Crippen LogP contribution in [0.1, 0.15) is 30.9 Å². The minimum atomic E-state index is 0.549. The van der Waals surface area contributed by atoms with Crippen LogP contribution in [0.4, 0.5) is 0 Å².